The molecule has 5 nitrogen and oxygen atoms in total. The third-order valence-electron chi connectivity index (χ3n) is 4.48. The smallest absolute Gasteiger partial charge is 0.217 e. The van der Waals surface area contributed by atoms with Gasteiger partial charge < -0.3 is 10.3 Å². The SMILES string of the molecule is Cc1nc(CN2CCCC(CCC(N)=O)C2)n(C)c1C. The minimum absolute atomic E-state index is 0.183. The lowest BCUT2D eigenvalue weighted by molar-refractivity contribution is -0.118. The average molecular weight is 278 g/mol. The lowest BCUT2D eigenvalue weighted by Crippen LogP contribution is -2.36. The highest BCUT2D eigenvalue weighted by molar-refractivity contribution is 5.73. The highest BCUT2D eigenvalue weighted by Gasteiger charge is 2.21. The predicted molar refractivity (Wildman–Crippen MR) is 79.1 cm³/mol. The van der Waals surface area contributed by atoms with Crippen LogP contribution in [0.15, 0.2) is 0 Å². The number of primary amides is 1. The van der Waals surface area contributed by atoms with Gasteiger partial charge in [0.1, 0.15) is 5.82 Å². The molecule has 1 amide bonds. The normalized spacial score (nSPS) is 20.2. The Balaban J connectivity index is 1.92. The molecular weight excluding hydrogens is 252 g/mol. The van der Waals surface area contributed by atoms with E-state index in [1.54, 1.807) is 0 Å². The van der Waals surface area contributed by atoms with E-state index in [0.29, 0.717) is 12.3 Å². The summed E-state index contributed by atoms with van der Waals surface area (Å²) in [5, 5.41) is 0. The third kappa shape index (κ3) is 3.60. The molecule has 1 aromatic heterocycles. The highest BCUT2D eigenvalue weighted by atomic mass is 16.1. The van der Waals surface area contributed by atoms with E-state index in [9.17, 15) is 4.79 Å². The van der Waals surface area contributed by atoms with Crippen molar-refractivity contribution in [2.45, 2.75) is 46.1 Å². The van der Waals surface area contributed by atoms with Crippen molar-refractivity contribution in [3.05, 3.63) is 17.2 Å². The van der Waals surface area contributed by atoms with E-state index in [0.717, 1.165) is 37.6 Å². The van der Waals surface area contributed by atoms with Gasteiger partial charge in [-0.1, -0.05) is 0 Å². The van der Waals surface area contributed by atoms with E-state index in [-0.39, 0.29) is 5.91 Å². The van der Waals surface area contributed by atoms with Crippen LogP contribution in [0.5, 0.6) is 0 Å². The maximum absolute atomic E-state index is 10.9. The van der Waals surface area contributed by atoms with Gasteiger partial charge in [0, 0.05) is 25.7 Å². The van der Waals surface area contributed by atoms with E-state index < -0.39 is 0 Å². The van der Waals surface area contributed by atoms with Gasteiger partial charge in [0.25, 0.3) is 0 Å². The lowest BCUT2D eigenvalue weighted by atomic mass is 9.93. The topological polar surface area (TPSA) is 64.2 Å². The van der Waals surface area contributed by atoms with Crippen LogP contribution in [0.3, 0.4) is 0 Å². The van der Waals surface area contributed by atoms with Crippen LogP contribution in [-0.2, 0) is 18.4 Å². The molecule has 0 spiro atoms. The number of imidazole rings is 1. The first-order chi connectivity index (χ1) is 9.47. The number of hydrogen-bond donors (Lipinski definition) is 1. The number of hydrogen-bond acceptors (Lipinski definition) is 3. The molecular formula is C15H26N4O. The molecule has 0 bridgehead atoms. The number of aryl methyl sites for hydroxylation is 1. The van der Waals surface area contributed by atoms with Crippen LogP contribution in [0.25, 0.3) is 0 Å². The minimum Gasteiger partial charge on any atom is -0.370 e. The summed E-state index contributed by atoms with van der Waals surface area (Å²) in [4.78, 5) is 18.0. The molecule has 1 aromatic rings. The summed E-state index contributed by atoms with van der Waals surface area (Å²) >= 11 is 0. The van der Waals surface area contributed by atoms with Crippen LogP contribution in [0.4, 0.5) is 0 Å². The molecule has 1 unspecified atom stereocenters. The monoisotopic (exact) mass is 278 g/mol. The fraction of sp³-hybridized carbons (Fsp3) is 0.733. The zero-order chi connectivity index (χ0) is 14.7. The Morgan fingerprint density at radius 3 is 2.80 bits per heavy atom. The van der Waals surface area contributed by atoms with E-state index in [1.807, 2.05) is 0 Å². The van der Waals surface area contributed by atoms with Crippen molar-refractivity contribution in [1.82, 2.24) is 14.5 Å². The lowest BCUT2D eigenvalue weighted by Gasteiger charge is -2.32. The number of amides is 1. The van der Waals surface area contributed by atoms with Gasteiger partial charge in [-0.05, 0) is 45.6 Å². The zero-order valence-corrected chi connectivity index (χ0v) is 12.9. The number of nitrogens with zero attached hydrogens (tertiary/aromatic N) is 3. The summed E-state index contributed by atoms with van der Waals surface area (Å²) in [7, 11) is 2.08. The Morgan fingerprint density at radius 2 is 2.20 bits per heavy atom. The first-order valence-corrected chi connectivity index (χ1v) is 7.46. The third-order valence-corrected chi connectivity index (χ3v) is 4.48. The summed E-state index contributed by atoms with van der Waals surface area (Å²) in [6.07, 6.45) is 3.85. The van der Waals surface area contributed by atoms with Crippen molar-refractivity contribution in [2.24, 2.45) is 18.7 Å². The highest BCUT2D eigenvalue weighted by Crippen LogP contribution is 2.22. The van der Waals surface area contributed by atoms with Gasteiger partial charge in [-0.15, -0.1) is 0 Å². The maximum Gasteiger partial charge on any atom is 0.217 e. The first-order valence-electron chi connectivity index (χ1n) is 7.46. The summed E-state index contributed by atoms with van der Waals surface area (Å²) in [6, 6.07) is 0. The van der Waals surface area contributed by atoms with Crippen LogP contribution >= 0.6 is 0 Å². The average Bonchev–Trinajstić information content (AvgIpc) is 2.65. The predicted octanol–water partition coefficient (Wildman–Crippen LogP) is 1.51. The van der Waals surface area contributed by atoms with Crippen LogP contribution in [0.2, 0.25) is 0 Å². The Bertz CT molecular complexity index is 480. The summed E-state index contributed by atoms with van der Waals surface area (Å²) < 4.78 is 2.18. The molecule has 1 saturated heterocycles. The van der Waals surface area contributed by atoms with Crippen molar-refractivity contribution in [2.75, 3.05) is 13.1 Å². The molecule has 1 atom stereocenters. The van der Waals surface area contributed by atoms with Gasteiger partial charge in [0.05, 0.1) is 12.2 Å². The Hall–Kier alpha value is -1.36. The standard InChI is InChI=1S/C15H26N4O/c1-11-12(2)18(3)15(17-11)10-19-8-4-5-13(9-19)6-7-14(16)20/h13H,4-10H2,1-3H3,(H2,16,20). The number of carbonyl (C=O) groups is 1. The number of carbonyl (C=O) groups excluding carboxylic acids is 1. The van der Waals surface area contributed by atoms with Crippen molar-refractivity contribution in [3.63, 3.8) is 0 Å². The number of likely N-dealkylation sites (tertiary alicyclic amines) is 1. The second kappa shape index (κ2) is 6.39. The molecule has 0 radical (unpaired) electrons. The molecule has 2 heterocycles. The summed E-state index contributed by atoms with van der Waals surface area (Å²) in [5.41, 5.74) is 7.59. The molecule has 112 valence electrons. The van der Waals surface area contributed by atoms with Crippen LogP contribution in [0.1, 0.15) is 42.9 Å². The van der Waals surface area contributed by atoms with Gasteiger partial charge in [-0.3, -0.25) is 9.69 Å². The number of aromatic nitrogens is 2. The van der Waals surface area contributed by atoms with Crippen molar-refractivity contribution in [1.29, 1.82) is 0 Å². The molecule has 5 heteroatoms. The largest absolute Gasteiger partial charge is 0.370 e. The molecule has 1 aliphatic rings. The number of rotatable bonds is 5. The first kappa shape index (κ1) is 15.0. The van der Waals surface area contributed by atoms with Crippen LogP contribution < -0.4 is 5.73 Å². The fourth-order valence-electron chi connectivity index (χ4n) is 3.00. The van der Waals surface area contributed by atoms with Crippen LogP contribution in [0, 0.1) is 19.8 Å². The Kier molecular flexibility index (Phi) is 4.81. The Morgan fingerprint density at radius 1 is 1.45 bits per heavy atom. The number of piperidine rings is 1. The van der Waals surface area contributed by atoms with Crippen molar-refractivity contribution < 1.29 is 4.79 Å². The van der Waals surface area contributed by atoms with Gasteiger partial charge in [0.2, 0.25) is 5.91 Å². The van der Waals surface area contributed by atoms with Gasteiger partial charge >= 0.3 is 0 Å². The van der Waals surface area contributed by atoms with E-state index in [2.05, 4.69) is 35.3 Å². The quantitative estimate of drug-likeness (QED) is 0.888. The molecule has 2 rings (SSSR count). The van der Waals surface area contributed by atoms with E-state index in [1.165, 1.54) is 18.5 Å². The van der Waals surface area contributed by atoms with E-state index in [4.69, 9.17) is 5.73 Å². The molecule has 2 N–H and O–H groups in total. The molecule has 1 aliphatic heterocycles. The molecule has 0 aromatic carbocycles. The second-order valence-electron chi connectivity index (χ2n) is 6.01. The molecule has 1 fully saturated rings. The Labute approximate surface area is 121 Å². The molecule has 0 aliphatic carbocycles. The van der Waals surface area contributed by atoms with Gasteiger partial charge in [0.15, 0.2) is 0 Å². The maximum atomic E-state index is 10.9. The summed E-state index contributed by atoms with van der Waals surface area (Å²) in [5.74, 6) is 1.55. The van der Waals surface area contributed by atoms with E-state index >= 15 is 0 Å². The summed E-state index contributed by atoms with van der Waals surface area (Å²) in [6.45, 7) is 7.25. The molecule has 20 heavy (non-hydrogen) atoms. The zero-order valence-electron chi connectivity index (χ0n) is 12.9. The second-order valence-corrected chi connectivity index (χ2v) is 6.01. The van der Waals surface area contributed by atoms with Gasteiger partial charge in [-0.25, -0.2) is 4.98 Å². The number of nitrogens with two attached hydrogens (primary N) is 1. The van der Waals surface area contributed by atoms with Gasteiger partial charge in [-0.2, -0.15) is 0 Å². The van der Waals surface area contributed by atoms with Crippen LogP contribution in [-0.4, -0.2) is 33.4 Å². The fourth-order valence-corrected chi connectivity index (χ4v) is 3.00. The van der Waals surface area contributed by atoms with Crippen molar-refractivity contribution in [3.8, 4) is 0 Å². The minimum atomic E-state index is -0.183. The molecule has 0 saturated carbocycles. The van der Waals surface area contributed by atoms with Crippen molar-refractivity contribution >= 4 is 5.91 Å².